The van der Waals surface area contributed by atoms with E-state index >= 15 is 0 Å². The van der Waals surface area contributed by atoms with E-state index in [0.29, 0.717) is 16.5 Å². The maximum Gasteiger partial charge on any atom is 0.338 e. The van der Waals surface area contributed by atoms with Gasteiger partial charge in [-0.1, -0.05) is 25.0 Å². The predicted octanol–water partition coefficient (Wildman–Crippen LogP) is 4.00. The van der Waals surface area contributed by atoms with Gasteiger partial charge in [0.05, 0.1) is 12.7 Å². The SMILES string of the molecule is COc1ccc(C(=O)OCc2cc(=O)oc3c(C)c(C)ccc23)cc1S(=O)(=O)NC1CCCC1. The van der Waals surface area contributed by atoms with E-state index < -0.39 is 21.6 Å². The van der Waals surface area contributed by atoms with Gasteiger partial charge < -0.3 is 13.9 Å². The molecule has 0 amide bonds. The quantitative estimate of drug-likeness (QED) is 0.398. The molecule has 1 aromatic heterocycles. The number of carbonyl (C=O) groups is 1. The van der Waals surface area contributed by atoms with Gasteiger partial charge in [0.1, 0.15) is 22.8 Å². The van der Waals surface area contributed by atoms with Gasteiger partial charge in [0.15, 0.2) is 0 Å². The number of aryl methyl sites for hydroxylation is 2. The monoisotopic (exact) mass is 485 g/mol. The zero-order chi connectivity index (χ0) is 24.5. The van der Waals surface area contributed by atoms with Gasteiger partial charge in [-0.2, -0.15) is 0 Å². The normalized spacial score (nSPS) is 14.4. The molecule has 2 aromatic carbocycles. The number of carbonyl (C=O) groups excluding carboxylic acids is 1. The molecular formula is C25H27NO7S. The average Bonchev–Trinajstić information content (AvgIpc) is 3.31. The van der Waals surface area contributed by atoms with Crippen molar-refractivity contribution in [2.45, 2.75) is 57.1 Å². The van der Waals surface area contributed by atoms with Crippen LogP contribution in [0.3, 0.4) is 0 Å². The lowest BCUT2D eigenvalue weighted by Gasteiger charge is -2.15. The van der Waals surface area contributed by atoms with Gasteiger partial charge in [-0.15, -0.1) is 0 Å². The van der Waals surface area contributed by atoms with E-state index in [2.05, 4.69) is 4.72 Å². The summed E-state index contributed by atoms with van der Waals surface area (Å²) in [6.45, 7) is 3.60. The Morgan fingerprint density at radius 2 is 1.85 bits per heavy atom. The average molecular weight is 486 g/mol. The van der Waals surface area contributed by atoms with Crippen molar-refractivity contribution in [1.29, 1.82) is 0 Å². The number of methoxy groups -OCH3 is 1. The molecule has 0 atom stereocenters. The molecule has 0 aliphatic heterocycles. The topological polar surface area (TPSA) is 112 Å². The lowest BCUT2D eigenvalue weighted by Crippen LogP contribution is -2.33. The number of fused-ring (bicyclic) bond motifs is 1. The Morgan fingerprint density at radius 3 is 2.56 bits per heavy atom. The molecule has 34 heavy (non-hydrogen) atoms. The molecule has 1 aliphatic carbocycles. The fourth-order valence-electron chi connectivity index (χ4n) is 4.21. The van der Waals surface area contributed by atoms with E-state index in [9.17, 15) is 18.0 Å². The third-order valence-corrected chi connectivity index (χ3v) is 7.78. The second-order valence-corrected chi connectivity index (χ2v) is 10.2. The van der Waals surface area contributed by atoms with Crippen LogP contribution >= 0.6 is 0 Å². The zero-order valence-corrected chi connectivity index (χ0v) is 20.2. The van der Waals surface area contributed by atoms with Crippen LogP contribution in [0.5, 0.6) is 5.75 Å². The second kappa shape index (κ2) is 9.60. The summed E-state index contributed by atoms with van der Waals surface area (Å²) in [5, 5.41) is 0.675. The van der Waals surface area contributed by atoms with Crippen molar-refractivity contribution in [1.82, 2.24) is 4.72 Å². The summed E-state index contributed by atoms with van der Waals surface area (Å²) in [6, 6.07) is 9.01. The smallest absolute Gasteiger partial charge is 0.338 e. The minimum Gasteiger partial charge on any atom is -0.495 e. The lowest BCUT2D eigenvalue weighted by atomic mass is 10.0. The highest BCUT2D eigenvalue weighted by Gasteiger charge is 2.27. The molecule has 1 heterocycles. The highest BCUT2D eigenvalue weighted by atomic mass is 32.2. The van der Waals surface area contributed by atoms with Crippen LogP contribution in [-0.2, 0) is 21.4 Å². The van der Waals surface area contributed by atoms with Crippen molar-refractivity contribution in [3.05, 3.63) is 69.1 Å². The minimum atomic E-state index is -3.89. The summed E-state index contributed by atoms with van der Waals surface area (Å²) in [5.41, 5.74) is 2.29. The first kappa shape index (κ1) is 24.0. The van der Waals surface area contributed by atoms with Crippen molar-refractivity contribution in [2.75, 3.05) is 7.11 Å². The number of hydrogen-bond acceptors (Lipinski definition) is 7. The molecule has 0 spiro atoms. The Morgan fingerprint density at radius 1 is 1.12 bits per heavy atom. The summed E-state index contributed by atoms with van der Waals surface area (Å²) in [6.07, 6.45) is 3.51. The molecule has 0 unspecified atom stereocenters. The summed E-state index contributed by atoms with van der Waals surface area (Å²) in [4.78, 5) is 24.7. The van der Waals surface area contributed by atoms with Crippen molar-refractivity contribution >= 4 is 27.0 Å². The van der Waals surface area contributed by atoms with Gasteiger partial charge in [-0.25, -0.2) is 22.7 Å². The third kappa shape index (κ3) is 4.85. The van der Waals surface area contributed by atoms with Crippen LogP contribution in [0.1, 0.15) is 52.7 Å². The molecule has 1 fully saturated rings. The summed E-state index contributed by atoms with van der Waals surface area (Å²) in [7, 11) is -2.52. The van der Waals surface area contributed by atoms with Crippen LogP contribution < -0.4 is 15.1 Å². The van der Waals surface area contributed by atoms with Gasteiger partial charge in [0.2, 0.25) is 10.0 Å². The van der Waals surface area contributed by atoms with Crippen molar-refractivity contribution in [2.24, 2.45) is 0 Å². The molecule has 3 aromatic rings. The Labute approximate surface area is 197 Å². The zero-order valence-electron chi connectivity index (χ0n) is 19.3. The maximum atomic E-state index is 13.0. The number of hydrogen-bond donors (Lipinski definition) is 1. The van der Waals surface area contributed by atoms with E-state index in [1.165, 1.54) is 31.4 Å². The molecule has 8 nitrogen and oxygen atoms in total. The van der Waals surface area contributed by atoms with Crippen LogP contribution in [0.15, 0.2) is 50.5 Å². The van der Waals surface area contributed by atoms with E-state index in [0.717, 1.165) is 36.8 Å². The van der Waals surface area contributed by atoms with E-state index in [1.54, 1.807) is 0 Å². The first-order valence-electron chi connectivity index (χ1n) is 11.1. The number of nitrogens with one attached hydrogen (secondary N) is 1. The van der Waals surface area contributed by atoms with Crippen LogP contribution in [-0.4, -0.2) is 27.5 Å². The molecule has 0 radical (unpaired) electrons. The Balaban J connectivity index is 1.59. The van der Waals surface area contributed by atoms with E-state index in [1.807, 2.05) is 26.0 Å². The molecule has 0 saturated heterocycles. The first-order chi connectivity index (χ1) is 16.2. The molecule has 180 valence electrons. The highest BCUT2D eigenvalue weighted by Crippen LogP contribution is 2.28. The van der Waals surface area contributed by atoms with Gasteiger partial charge in [0, 0.05) is 23.1 Å². The van der Waals surface area contributed by atoms with Gasteiger partial charge in [-0.3, -0.25) is 0 Å². The number of benzene rings is 2. The molecule has 9 heteroatoms. The van der Waals surface area contributed by atoms with Crippen molar-refractivity contribution in [3.63, 3.8) is 0 Å². The molecular weight excluding hydrogens is 458 g/mol. The van der Waals surface area contributed by atoms with E-state index in [-0.39, 0.29) is 28.9 Å². The van der Waals surface area contributed by atoms with Gasteiger partial charge in [-0.05, 0) is 56.0 Å². The number of sulfonamides is 1. The summed E-state index contributed by atoms with van der Waals surface area (Å²) in [5.74, 6) is -0.579. The number of rotatable bonds is 7. The largest absolute Gasteiger partial charge is 0.495 e. The first-order valence-corrected chi connectivity index (χ1v) is 12.6. The Hall–Kier alpha value is -3.17. The van der Waals surface area contributed by atoms with Crippen LogP contribution in [0.25, 0.3) is 11.0 Å². The number of ether oxygens (including phenoxy) is 2. The fourth-order valence-corrected chi connectivity index (χ4v) is 5.71. The van der Waals surface area contributed by atoms with Crippen molar-refractivity contribution < 1.29 is 27.1 Å². The standard InChI is InChI=1S/C25H27NO7S/c1-15-8-10-20-18(13-23(27)33-24(20)16(15)2)14-32-25(28)17-9-11-21(31-3)22(12-17)34(29,30)26-19-6-4-5-7-19/h8-13,19,26H,4-7,14H2,1-3H3. The number of esters is 1. The molecule has 4 rings (SSSR count). The summed E-state index contributed by atoms with van der Waals surface area (Å²) >= 11 is 0. The van der Waals surface area contributed by atoms with Crippen LogP contribution in [0.2, 0.25) is 0 Å². The molecule has 1 aliphatic rings. The van der Waals surface area contributed by atoms with E-state index in [4.69, 9.17) is 13.9 Å². The molecule has 1 saturated carbocycles. The third-order valence-electron chi connectivity index (χ3n) is 6.24. The van der Waals surface area contributed by atoms with Crippen LogP contribution in [0, 0.1) is 13.8 Å². The van der Waals surface area contributed by atoms with Gasteiger partial charge in [0.25, 0.3) is 0 Å². The molecule has 1 N–H and O–H groups in total. The van der Waals surface area contributed by atoms with Gasteiger partial charge >= 0.3 is 11.6 Å². The van der Waals surface area contributed by atoms with Crippen LogP contribution in [0.4, 0.5) is 0 Å². The fraction of sp³-hybridized carbons (Fsp3) is 0.360. The Kier molecular flexibility index (Phi) is 6.77. The highest BCUT2D eigenvalue weighted by molar-refractivity contribution is 7.89. The second-order valence-electron chi connectivity index (χ2n) is 8.52. The minimum absolute atomic E-state index is 0.0619. The maximum absolute atomic E-state index is 13.0. The Bertz CT molecular complexity index is 1400. The lowest BCUT2D eigenvalue weighted by molar-refractivity contribution is 0.0473. The predicted molar refractivity (Wildman–Crippen MR) is 127 cm³/mol. The summed E-state index contributed by atoms with van der Waals surface area (Å²) < 4.78 is 44.7. The van der Waals surface area contributed by atoms with Crippen molar-refractivity contribution in [3.8, 4) is 5.75 Å². The molecule has 0 bridgehead atoms.